The van der Waals surface area contributed by atoms with E-state index in [0.29, 0.717) is 5.56 Å². The number of hydrogen-bond acceptors (Lipinski definition) is 2. The van der Waals surface area contributed by atoms with Gasteiger partial charge in [0.05, 0.1) is 0 Å². The third-order valence-corrected chi connectivity index (χ3v) is 1.80. The second kappa shape index (κ2) is 5.25. The number of alkyl halides is 2. The summed E-state index contributed by atoms with van der Waals surface area (Å²) in [5, 5.41) is 8.64. The maximum absolute atomic E-state index is 11.9. The van der Waals surface area contributed by atoms with Gasteiger partial charge in [-0.05, 0) is 30.7 Å². The SMILES string of the molecule is C/C(=C\c1cccc(OC(F)F)c1)C(=O)O. The molecule has 86 valence electrons. The van der Waals surface area contributed by atoms with Crippen LogP contribution in [0, 0.1) is 0 Å². The van der Waals surface area contributed by atoms with Crippen molar-refractivity contribution in [2.75, 3.05) is 0 Å². The van der Waals surface area contributed by atoms with Crippen LogP contribution in [0.15, 0.2) is 29.8 Å². The molecule has 0 saturated heterocycles. The number of aliphatic carboxylic acids is 1. The first-order valence-corrected chi connectivity index (χ1v) is 4.45. The molecule has 0 fully saturated rings. The summed E-state index contributed by atoms with van der Waals surface area (Å²) < 4.78 is 28.0. The van der Waals surface area contributed by atoms with Crippen LogP contribution in [0.25, 0.3) is 6.08 Å². The Bertz CT molecular complexity index is 413. The predicted octanol–water partition coefficient (Wildman–Crippen LogP) is 2.78. The molecule has 16 heavy (non-hydrogen) atoms. The molecule has 0 aliphatic rings. The molecule has 0 bridgehead atoms. The summed E-state index contributed by atoms with van der Waals surface area (Å²) in [5.74, 6) is -1.05. The van der Waals surface area contributed by atoms with Gasteiger partial charge in [0.2, 0.25) is 0 Å². The molecular weight excluding hydrogens is 218 g/mol. The van der Waals surface area contributed by atoms with Gasteiger partial charge in [0.1, 0.15) is 5.75 Å². The first-order valence-electron chi connectivity index (χ1n) is 4.45. The minimum absolute atomic E-state index is 0.00180. The lowest BCUT2D eigenvalue weighted by Gasteiger charge is -2.04. The summed E-state index contributed by atoms with van der Waals surface area (Å²) in [5.41, 5.74) is 0.618. The van der Waals surface area contributed by atoms with Crippen LogP contribution in [0.4, 0.5) is 8.78 Å². The standard InChI is InChI=1S/C11H10F2O3/c1-7(10(14)15)5-8-3-2-4-9(6-8)16-11(12)13/h2-6,11H,1H3,(H,14,15)/b7-5+. The Morgan fingerprint density at radius 2 is 2.19 bits per heavy atom. The van der Waals surface area contributed by atoms with Gasteiger partial charge in [-0.1, -0.05) is 12.1 Å². The van der Waals surface area contributed by atoms with Gasteiger partial charge in [-0.3, -0.25) is 0 Å². The van der Waals surface area contributed by atoms with Gasteiger partial charge in [-0.15, -0.1) is 0 Å². The smallest absolute Gasteiger partial charge is 0.387 e. The van der Waals surface area contributed by atoms with Crippen LogP contribution >= 0.6 is 0 Å². The second-order valence-corrected chi connectivity index (χ2v) is 3.08. The summed E-state index contributed by atoms with van der Waals surface area (Å²) in [6, 6.07) is 5.83. The van der Waals surface area contributed by atoms with Crippen LogP contribution in [0.2, 0.25) is 0 Å². The van der Waals surface area contributed by atoms with E-state index < -0.39 is 12.6 Å². The van der Waals surface area contributed by atoms with Crippen LogP contribution in [0.3, 0.4) is 0 Å². The van der Waals surface area contributed by atoms with Crippen LogP contribution in [-0.4, -0.2) is 17.7 Å². The summed E-state index contributed by atoms with van der Waals surface area (Å²) in [6.45, 7) is -1.47. The fourth-order valence-electron chi connectivity index (χ4n) is 1.09. The summed E-state index contributed by atoms with van der Waals surface area (Å²) in [4.78, 5) is 10.5. The Morgan fingerprint density at radius 3 is 2.75 bits per heavy atom. The molecule has 1 rings (SSSR count). The third-order valence-electron chi connectivity index (χ3n) is 1.80. The van der Waals surface area contributed by atoms with Gasteiger partial charge in [-0.2, -0.15) is 8.78 Å². The topological polar surface area (TPSA) is 46.5 Å². The van der Waals surface area contributed by atoms with Gasteiger partial charge in [0, 0.05) is 5.57 Å². The van der Waals surface area contributed by atoms with Crippen molar-refractivity contribution in [3.05, 3.63) is 35.4 Å². The molecule has 0 radical (unpaired) electrons. The minimum atomic E-state index is -2.89. The molecule has 5 heteroatoms. The van der Waals surface area contributed by atoms with Crippen LogP contribution in [-0.2, 0) is 4.79 Å². The fraction of sp³-hybridized carbons (Fsp3) is 0.182. The van der Waals surface area contributed by atoms with E-state index in [1.54, 1.807) is 6.07 Å². The Kier molecular flexibility index (Phi) is 3.99. The number of carbonyl (C=O) groups is 1. The molecule has 0 saturated carbocycles. The molecule has 0 atom stereocenters. The van der Waals surface area contributed by atoms with Crippen molar-refractivity contribution in [2.24, 2.45) is 0 Å². The van der Waals surface area contributed by atoms with Crippen molar-refractivity contribution >= 4 is 12.0 Å². The largest absolute Gasteiger partial charge is 0.478 e. The number of carboxylic acid groups (broad SMARTS) is 1. The zero-order valence-electron chi connectivity index (χ0n) is 8.48. The Balaban J connectivity index is 2.90. The molecule has 0 spiro atoms. The number of halogens is 2. The zero-order valence-corrected chi connectivity index (χ0v) is 8.48. The van der Waals surface area contributed by atoms with E-state index in [9.17, 15) is 13.6 Å². The van der Waals surface area contributed by atoms with Gasteiger partial charge >= 0.3 is 12.6 Å². The van der Waals surface area contributed by atoms with E-state index in [1.807, 2.05) is 0 Å². The van der Waals surface area contributed by atoms with Crippen molar-refractivity contribution in [2.45, 2.75) is 13.5 Å². The number of hydrogen-bond donors (Lipinski definition) is 1. The molecule has 1 N–H and O–H groups in total. The molecule has 0 heterocycles. The molecule has 0 aromatic heterocycles. The van der Waals surface area contributed by atoms with Crippen molar-refractivity contribution in [3.8, 4) is 5.75 Å². The van der Waals surface area contributed by atoms with Crippen molar-refractivity contribution < 1.29 is 23.4 Å². The number of carboxylic acids is 1. The lowest BCUT2D eigenvalue weighted by molar-refractivity contribution is -0.132. The van der Waals surface area contributed by atoms with Crippen LogP contribution in [0.5, 0.6) is 5.75 Å². The monoisotopic (exact) mass is 228 g/mol. The van der Waals surface area contributed by atoms with E-state index in [-0.39, 0.29) is 11.3 Å². The highest BCUT2D eigenvalue weighted by Gasteiger charge is 2.05. The van der Waals surface area contributed by atoms with Crippen LogP contribution < -0.4 is 4.74 Å². The highest BCUT2D eigenvalue weighted by atomic mass is 19.3. The van der Waals surface area contributed by atoms with Crippen LogP contribution in [0.1, 0.15) is 12.5 Å². The molecule has 0 amide bonds. The van der Waals surface area contributed by atoms with Gasteiger partial charge in [0.25, 0.3) is 0 Å². The summed E-state index contributed by atoms with van der Waals surface area (Å²) in [6.07, 6.45) is 1.38. The first-order chi connectivity index (χ1) is 7.49. The van der Waals surface area contributed by atoms with E-state index in [2.05, 4.69) is 4.74 Å². The average Bonchev–Trinajstić information content (AvgIpc) is 2.16. The highest BCUT2D eigenvalue weighted by Crippen LogP contribution is 2.17. The van der Waals surface area contributed by atoms with Gasteiger partial charge in [-0.25, -0.2) is 4.79 Å². The zero-order chi connectivity index (χ0) is 12.1. The molecule has 0 unspecified atom stereocenters. The minimum Gasteiger partial charge on any atom is -0.478 e. The Labute approximate surface area is 91.0 Å². The van der Waals surface area contributed by atoms with Crippen molar-refractivity contribution in [1.82, 2.24) is 0 Å². The number of rotatable bonds is 4. The van der Waals surface area contributed by atoms with Gasteiger partial charge in [0.15, 0.2) is 0 Å². The van der Waals surface area contributed by atoms with Gasteiger partial charge < -0.3 is 9.84 Å². The molecule has 0 aliphatic heterocycles. The Hall–Kier alpha value is -1.91. The van der Waals surface area contributed by atoms with E-state index in [0.717, 1.165) is 0 Å². The fourth-order valence-corrected chi connectivity index (χ4v) is 1.09. The normalized spacial score (nSPS) is 11.6. The molecule has 1 aromatic rings. The number of benzene rings is 1. The summed E-state index contributed by atoms with van der Waals surface area (Å²) >= 11 is 0. The van der Waals surface area contributed by atoms with Crippen molar-refractivity contribution in [1.29, 1.82) is 0 Å². The van der Waals surface area contributed by atoms with E-state index >= 15 is 0 Å². The molecular formula is C11H10F2O3. The molecule has 3 nitrogen and oxygen atoms in total. The maximum atomic E-state index is 11.9. The predicted molar refractivity (Wildman–Crippen MR) is 54.4 cm³/mol. The lowest BCUT2D eigenvalue weighted by Crippen LogP contribution is -2.01. The maximum Gasteiger partial charge on any atom is 0.387 e. The second-order valence-electron chi connectivity index (χ2n) is 3.08. The quantitative estimate of drug-likeness (QED) is 0.806. The number of ether oxygens (including phenoxy) is 1. The third kappa shape index (κ3) is 3.68. The van der Waals surface area contributed by atoms with E-state index in [4.69, 9.17) is 5.11 Å². The van der Waals surface area contributed by atoms with E-state index in [1.165, 1.54) is 31.2 Å². The lowest BCUT2D eigenvalue weighted by atomic mass is 10.1. The van der Waals surface area contributed by atoms with Crippen molar-refractivity contribution in [3.63, 3.8) is 0 Å². The average molecular weight is 228 g/mol. The first kappa shape index (κ1) is 12.2. The highest BCUT2D eigenvalue weighted by molar-refractivity contribution is 5.91. The summed E-state index contributed by atoms with van der Waals surface area (Å²) in [7, 11) is 0. The molecule has 0 aliphatic carbocycles. The molecule has 1 aromatic carbocycles. The Morgan fingerprint density at radius 1 is 1.50 bits per heavy atom.